The second-order valence-corrected chi connectivity index (χ2v) is 5.92. The molecule has 0 bridgehead atoms. The lowest BCUT2D eigenvalue weighted by Gasteiger charge is -2.36. The summed E-state index contributed by atoms with van der Waals surface area (Å²) in [5, 5.41) is 28.6. The molecule has 0 spiro atoms. The van der Waals surface area contributed by atoms with Crippen LogP contribution < -0.4 is 0 Å². The number of hydrogen-bond donors (Lipinski definition) is 3. The van der Waals surface area contributed by atoms with Crippen molar-refractivity contribution in [1.82, 2.24) is 0 Å². The lowest BCUT2D eigenvalue weighted by atomic mass is 10.0. The fraction of sp³-hybridized carbons (Fsp3) is 0.882. The molecule has 1 heterocycles. The first kappa shape index (κ1) is 19.6. The van der Waals surface area contributed by atoms with Crippen molar-refractivity contribution >= 4 is 0 Å². The van der Waals surface area contributed by atoms with E-state index in [2.05, 4.69) is 19.1 Å². The van der Waals surface area contributed by atoms with E-state index in [1.165, 1.54) is 32.1 Å². The Balaban J connectivity index is 1.98. The van der Waals surface area contributed by atoms with E-state index in [9.17, 15) is 10.2 Å². The van der Waals surface area contributed by atoms with Gasteiger partial charge in [0.25, 0.3) is 0 Å². The van der Waals surface area contributed by atoms with Crippen molar-refractivity contribution in [1.29, 1.82) is 0 Å². The monoisotopic (exact) mass is 316 g/mol. The van der Waals surface area contributed by atoms with E-state index < -0.39 is 24.4 Å². The van der Waals surface area contributed by atoms with Gasteiger partial charge in [-0.1, -0.05) is 37.8 Å². The number of unbranched alkanes of at least 4 members (excludes halogenated alkanes) is 6. The summed E-state index contributed by atoms with van der Waals surface area (Å²) in [4.78, 5) is 0. The second-order valence-electron chi connectivity index (χ2n) is 5.92. The van der Waals surface area contributed by atoms with E-state index in [0.29, 0.717) is 6.61 Å². The lowest BCUT2D eigenvalue weighted by molar-refractivity contribution is -0.208. The van der Waals surface area contributed by atoms with Crippen molar-refractivity contribution < 1.29 is 24.8 Å². The average Bonchev–Trinajstić information content (AvgIpc) is 2.53. The average molecular weight is 316 g/mol. The molecule has 1 aliphatic rings. The molecule has 5 heteroatoms. The van der Waals surface area contributed by atoms with Gasteiger partial charge in [-0.2, -0.15) is 0 Å². The van der Waals surface area contributed by atoms with Gasteiger partial charge in [0.1, 0.15) is 24.4 Å². The van der Waals surface area contributed by atoms with Gasteiger partial charge in [-0.15, -0.1) is 0 Å². The van der Waals surface area contributed by atoms with Crippen LogP contribution in [0.25, 0.3) is 0 Å². The second kappa shape index (κ2) is 12.0. The van der Waals surface area contributed by atoms with Gasteiger partial charge in [0.15, 0.2) is 0 Å². The Hall–Kier alpha value is -0.460. The molecule has 0 aromatic heterocycles. The summed E-state index contributed by atoms with van der Waals surface area (Å²) in [5.41, 5.74) is 0. The van der Waals surface area contributed by atoms with Crippen LogP contribution in [0.2, 0.25) is 0 Å². The van der Waals surface area contributed by atoms with Crippen LogP contribution in [0.5, 0.6) is 0 Å². The van der Waals surface area contributed by atoms with Crippen LogP contribution in [0.4, 0.5) is 0 Å². The Morgan fingerprint density at radius 2 is 1.73 bits per heavy atom. The zero-order valence-electron chi connectivity index (χ0n) is 13.7. The zero-order chi connectivity index (χ0) is 16.2. The third kappa shape index (κ3) is 7.20. The lowest BCUT2D eigenvalue weighted by Crippen LogP contribution is -2.55. The summed E-state index contributed by atoms with van der Waals surface area (Å²) >= 11 is 0. The van der Waals surface area contributed by atoms with Crippen LogP contribution in [0, 0.1) is 0 Å². The topological polar surface area (TPSA) is 79.2 Å². The van der Waals surface area contributed by atoms with Gasteiger partial charge < -0.3 is 24.8 Å². The Labute approximate surface area is 133 Å². The number of allylic oxidation sites excluding steroid dienone is 2. The van der Waals surface area contributed by atoms with Crippen molar-refractivity contribution in [2.75, 3.05) is 19.8 Å². The molecular formula is C17H32O5. The summed E-state index contributed by atoms with van der Waals surface area (Å²) in [6.07, 6.45) is 9.27. The molecule has 1 rings (SSSR count). The maximum atomic E-state index is 9.91. The molecule has 4 atom stereocenters. The molecule has 0 aromatic carbocycles. The molecule has 5 nitrogen and oxygen atoms in total. The van der Waals surface area contributed by atoms with E-state index >= 15 is 0 Å². The Kier molecular flexibility index (Phi) is 10.7. The molecule has 0 aromatic rings. The number of rotatable bonds is 11. The first-order valence-electron chi connectivity index (χ1n) is 8.52. The highest BCUT2D eigenvalue weighted by atomic mass is 16.6. The number of aliphatic hydroxyl groups is 3. The Morgan fingerprint density at radius 3 is 2.41 bits per heavy atom. The summed E-state index contributed by atoms with van der Waals surface area (Å²) in [7, 11) is 0. The highest BCUT2D eigenvalue weighted by Crippen LogP contribution is 2.18. The van der Waals surface area contributed by atoms with Gasteiger partial charge in [-0.25, -0.2) is 0 Å². The number of aliphatic hydroxyl groups excluding tert-OH is 3. The van der Waals surface area contributed by atoms with Crippen LogP contribution in [0.3, 0.4) is 0 Å². The standard InChI is InChI=1S/C17H32O5/c1-2-3-4-5-6-7-8-9-10-11-21-15-13-22-14(12-18)16(19)17(15)20/h2-3,14-20H,4-13H2,1H3/b3-2+/t14-,15+,16-,17-/m1/s1. The summed E-state index contributed by atoms with van der Waals surface area (Å²) in [5.74, 6) is 0. The minimum Gasteiger partial charge on any atom is -0.394 e. The van der Waals surface area contributed by atoms with Gasteiger partial charge >= 0.3 is 0 Å². The molecule has 130 valence electrons. The quantitative estimate of drug-likeness (QED) is 0.400. The van der Waals surface area contributed by atoms with Crippen LogP contribution in [-0.2, 0) is 9.47 Å². The Morgan fingerprint density at radius 1 is 1.05 bits per heavy atom. The van der Waals surface area contributed by atoms with E-state index in [1.54, 1.807) is 0 Å². The van der Waals surface area contributed by atoms with Crippen molar-refractivity contribution in [3.63, 3.8) is 0 Å². The smallest absolute Gasteiger partial charge is 0.111 e. The molecule has 0 aliphatic carbocycles. The van der Waals surface area contributed by atoms with Crippen LogP contribution >= 0.6 is 0 Å². The molecule has 0 unspecified atom stereocenters. The molecular weight excluding hydrogens is 284 g/mol. The van der Waals surface area contributed by atoms with Gasteiger partial charge in [-0.3, -0.25) is 0 Å². The zero-order valence-corrected chi connectivity index (χ0v) is 13.7. The van der Waals surface area contributed by atoms with Crippen molar-refractivity contribution in [3.8, 4) is 0 Å². The van der Waals surface area contributed by atoms with Crippen LogP contribution in [0.1, 0.15) is 51.9 Å². The van der Waals surface area contributed by atoms with E-state index in [4.69, 9.17) is 14.6 Å². The fourth-order valence-corrected chi connectivity index (χ4v) is 2.64. The molecule has 1 fully saturated rings. The van der Waals surface area contributed by atoms with Crippen molar-refractivity contribution in [2.45, 2.75) is 76.3 Å². The normalized spacial score (nSPS) is 29.3. The van der Waals surface area contributed by atoms with Crippen LogP contribution in [-0.4, -0.2) is 59.6 Å². The van der Waals surface area contributed by atoms with Crippen molar-refractivity contribution in [2.24, 2.45) is 0 Å². The molecule has 22 heavy (non-hydrogen) atoms. The number of hydrogen-bond acceptors (Lipinski definition) is 5. The van der Waals surface area contributed by atoms with E-state index in [1.807, 2.05) is 0 Å². The van der Waals surface area contributed by atoms with Gasteiger partial charge in [0.05, 0.1) is 13.2 Å². The number of ether oxygens (including phenoxy) is 2. The van der Waals surface area contributed by atoms with Gasteiger partial charge in [0, 0.05) is 6.61 Å². The highest BCUT2D eigenvalue weighted by molar-refractivity contribution is 4.87. The molecule has 1 aliphatic heterocycles. The minimum atomic E-state index is -1.08. The molecule has 3 N–H and O–H groups in total. The third-order valence-corrected chi connectivity index (χ3v) is 4.10. The fourth-order valence-electron chi connectivity index (χ4n) is 2.64. The largest absolute Gasteiger partial charge is 0.394 e. The Bertz CT molecular complexity index is 295. The van der Waals surface area contributed by atoms with E-state index in [-0.39, 0.29) is 13.2 Å². The molecule has 0 amide bonds. The van der Waals surface area contributed by atoms with Gasteiger partial charge in [-0.05, 0) is 26.2 Å². The minimum absolute atomic E-state index is 0.217. The predicted molar refractivity (Wildman–Crippen MR) is 85.7 cm³/mol. The van der Waals surface area contributed by atoms with Crippen LogP contribution in [0.15, 0.2) is 12.2 Å². The maximum absolute atomic E-state index is 9.91. The molecule has 1 saturated heterocycles. The SMILES string of the molecule is C/C=C/CCCCCCCCO[C@H]1CO[C@H](CO)[C@@H](O)[C@@H]1O. The molecule has 0 saturated carbocycles. The van der Waals surface area contributed by atoms with Gasteiger partial charge in [0.2, 0.25) is 0 Å². The highest BCUT2D eigenvalue weighted by Gasteiger charge is 2.38. The predicted octanol–water partition coefficient (Wildman–Crippen LogP) is 1.79. The summed E-state index contributed by atoms with van der Waals surface area (Å²) in [6, 6.07) is 0. The summed E-state index contributed by atoms with van der Waals surface area (Å²) in [6.45, 7) is 2.55. The van der Waals surface area contributed by atoms with Crippen molar-refractivity contribution in [3.05, 3.63) is 12.2 Å². The summed E-state index contributed by atoms with van der Waals surface area (Å²) < 4.78 is 10.9. The van der Waals surface area contributed by atoms with E-state index in [0.717, 1.165) is 12.8 Å². The first-order chi connectivity index (χ1) is 10.7. The third-order valence-electron chi connectivity index (χ3n) is 4.10. The first-order valence-corrected chi connectivity index (χ1v) is 8.52. The maximum Gasteiger partial charge on any atom is 0.111 e. The molecule has 0 radical (unpaired) electrons.